The predicted molar refractivity (Wildman–Crippen MR) is 65.8 cm³/mol. The number of aromatic nitrogens is 3. The van der Waals surface area contributed by atoms with Crippen molar-refractivity contribution in [3.8, 4) is 5.69 Å². The van der Waals surface area contributed by atoms with Gasteiger partial charge in [0.15, 0.2) is 0 Å². The lowest BCUT2D eigenvalue weighted by molar-refractivity contribution is 0.321. The van der Waals surface area contributed by atoms with Gasteiger partial charge < -0.3 is 5.21 Å². The zero-order valence-corrected chi connectivity index (χ0v) is 10.4. The molecule has 2 rings (SSSR count). The molecule has 0 bridgehead atoms. The molecule has 0 amide bonds. The van der Waals surface area contributed by atoms with Gasteiger partial charge in [0.05, 0.1) is 22.5 Å². The summed E-state index contributed by atoms with van der Waals surface area (Å²) in [6.07, 6.45) is 2.54. The van der Waals surface area contributed by atoms with E-state index in [4.69, 9.17) is 40.0 Å². The molecule has 0 radical (unpaired) electrons. The van der Waals surface area contributed by atoms with E-state index in [1.54, 1.807) is 0 Å². The minimum atomic E-state index is 0.325. The Morgan fingerprint density at radius 1 is 1.24 bits per heavy atom. The highest BCUT2D eigenvalue weighted by molar-refractivity contribution is 6.40. The Morgan fingerprint density at radius 3 is 2.47 bits per heavy atom. The predicted octanol–water partition coefficient (Wildman–Crippen LogP) is 3.04. The minimum absolute atomic E-state index is 0.325. The normalized spacial score (nSPS) is 11.2. The van der Waals surface area contributed by atoms with Crippen molar-refractivity contribution in [2.75, 3.05) is 0 Å². The van der Waals surface area contributed by atoms with E-state index in [0.717, 1.165) is 6.21 Å². The van der Waals surface area contributed by atoms with Gasteiger partial charge in [-0.05, 0) is 12.1 Å². The van der Waals surface area contributed by atoms with Crippen molar-refractivity contribution in [1.29, 1.82) is 0 Å². The first kappa shape index (κ1) is 12.2. The van der Waals surface area contributed by atoms with Crippen LogP contribution in [0, 0.1) is 0 Å². The van der Waals surface area contributed by atoms with E-state index in [2.05, 4.69) is 15.4 Å². The van der Waals surface area contributed by atoms with Crippen molar-refractivity contribution in [3.05, 3.63) is 39.1 Å². The zero-order valence-electron chi connectivity index (χ0n) is 8.18. The van der Waals surface area contributed by atoms with Crippen LogP contribution in [0.2, 0.25) is 15.1 Å². The molecule has 1 heterocycles. The van der Waals surface area contributed by atoms with E-state index in [-0.39, 0.29) is 0 Å². The minimum Gasteiger partial charge on any atom is -0.411 e. The molecule has 17 heavy (non-hydrogen) atoms. The Kier molecular flexibility index (Phi) is 3.51. The van der Waals surface area contributed by atoms with Crippen molar-refractivity contribution in [2.45, 2.75) is 0 Å². The van der Waals surface area contributed by atoms with Gasteiger partial charge in [0.2, 0.25) is 0 Å². The first-order valence-corrected chi connectivity index (χ1v) is 5.50. The highest BCUT2D eigenvalue weighted by Crippen LogP contribution is 2.31. The van der Waals surface area contributed by atoms with E-state index in [1.165, 1.54) is 23.1 Å². The van der Waals surface area contributed by atoms with Gasteiger partial charge in [-0.1, -0.05) is 40.0 Å². The Bertz CT molecular complexity index is 558. The highest BCUT2D eigenvalue weighted by atomic mass is 35.5. The third-order valence-corrected chi connectivity index (χ3v) is 2.68. The molecule has 2 aromatic rings. The van der Waals surface area contributed by atoms with Crippen molar-refractivity contribution in [2.24, 2.45) is 5.16 Å². The molecule has 1 aromatic heterocycles. The summed E-state index contributed by atoms with van der Waals surface area (Å²) in [5.41, 5.74) is 0.782. The Labute approximate surface area is 111 Å². The van der Waals surface area contributed by atoms with E-state index in [0.29, 0.717) is 26.4 Å². The van der Waals surface area contributed by atoms with Crippen molar-refractivity contribution < 1.29 is 5.21 Å². The van der Waals surface area contributed by atoms with Crippen LogP contribution in [0.5, 0.6) is 0 Å². The molecule has 0 saturated heterocycles. The Balaban J connectivity index is 2.52. The number of hydrogen-bond acceptors (Lipinski definition) is 4. The van der Waals surface area contributed by atoms with Crippen LogP contribution in [0.4, 0.5) is 0 Å². The molecule has 8 heteroatoms. The van der Waals surface area contributed by atoms with Crippen LogP contribution in [-0.4, -0.2) is 26.4 Å². The van der Waals surface area contributed by atoms with Crippen molar-refractivity contribution in [3.63, 3.8) is 0 Å². The summed E-state index contributed by atoms with van der Waals surface area (Å²) in [6.45, 7) is 0. The van der Waals surface area contributed by atoms with Crippen LogP contribution < -0.4 is 0 Å². The van der Waals surface area contributed by atoms with Gasteiger partial charge >= 0.3 is 0 Å². The average Bonchev–Trinajstić information content (AvgIpc) is 2.65. The maximum Gasteiger partial charge on any atom is 0.127 e. The summed E-state index contributed by atoms with van der Waals surface area (Å²) in [6, 6.07) is 3.07. The number of oxime groups is 1. The molecule has 0 saturated carbocycles. The second kappa shape index (κ2) is 4.91. The van der Waals surface area contributed by atoms with Crippen LogP contribution in [0.3, 0.4) is 0 Å². The number of hydrogen-bond donors (Lipinski definition) is 1. The average molecular weight is 292 g/mol. The molecule has 0 fully saturated rings. The highest BCUT2D eigenvalue weighted by Gasteiger charge is 2.12. The molecular formula is C9H5Cl3N4O. The van der Waals surface area contributed by atoms with Crippen LogP contribution in [0.25, 0.3) is 5.69 Å². The number of rotatable bonds is 2. The molecule has 0 atom stereocenters. The quantitative estimate of drug-likeness (QED) is 0.525. The van der Waals surface area contributed by atoms with Gasteiger partial charge in [-0.3, -0.25) is 0 Å². The molecule has 0 spiro atoms. The van der Waals surface area contributed by atoms with E-state index < -0.39 is 0 Å². The summed E-state index contributed by atoms with van der Waals surface area (Å²) in [5, 5.41) is 20.2. The molecule has 88 valence electrons. The standard InChI is InChI=1S/C9H5Cl3N4O/c10-5-1-7(11)9(8(12)2-5)16-13-3-6(15-16)4-14-17/h1-4,17H/b14-4+. The zero-order chi connectivity index (χ0) is 12.4. The lowest BCUT2D eigenvalue weighted by Gasteiger charge is -2.05. The van der Waals surface area contributed by atoms with Crippen molar-refractivity contribution >= 4 is 41.0 Å². The SMILES string of the molecule is O/N=C/c1cnn(-c2c(Cl)cc(Cl)cc2Cl)n1. The largest absolute Gasteiger partial charge is 0.411 e. The van der Waals surface area contributed by atoms with Crippen LogP contribution >= 0.6 is 34.8 Å². The van der Waals surface area contributed by atoms with Gasteiger partial charge in [0, 0.05) is 5.02 Å². The maximum atomic E-state index is 8.37. The van der Waals surface area contributed by atoms with E-state index in [9.17, 15) is 0 Å². The molecule has 5 nitrogen and oxygen atoms in total. The molecule has 1 N–H and O–H groups in total. The third kappa shape index (κ3) is 2.52. The maximum absolute atomic E-state index is 8.37. The summed E-state index contributed by atoms with van der Waals surface area (Å²) in [4.78, 5) is 1.23. The fourth-order valence-electron chi connectivity index (χ4n) is 1.23. The van der Waals surface area contributed by atoms with Gasteiger partial charge in [-0.25, -0.2) is 0 Å². The van der Waals surface area contributed by atoms with Crippen LogP contribution in [0.15, 0.2) is 23.5 Å². The Morgan fingerprint density at radius 2 is 1.88 bits per heavy atom. The summed E-state index contributed by atoms with van der Waals surface area (Å²) < 4.78 is 0. The summed E-state index contributed by atoms with van der Waals surface area (Å²) >= 11 is 17.8. The second-order valence-electron chi connectivity index (χ2n) is 3.02. The van der Waals surface area contributed by atoms with Gasteiger partial charge in [-0.2, -0.15) is 5.10 Å². The molecular weight excluding hydrogens is 286 g/mol. The van der Waals surface area contributed by atoms with E-state index >= 15 is 0 Å². The van der Waals surface area contributed by atoms with Gasteiger partial charge in [0.25, 0.3) is 0 Å². The lowest BCUT2D eigenvalue weighted by atomic mass is 10.3. The second-order valence-corrected chi connectivity index (χ2v) is 4.27. The number of benzene rings is 1. The third-order valence-electron chi connectivity index (χ3n) is 1.88. The van der Waals surface area contributed by atoms with E-state index in [1.807, 2.05) is 0 Å². The Hall–Kier alpha value is -1.30. The lowest BCUT2D eigenvalue weighted by Crippen LogP contribution is -2.01. The smallest absolute Gasteiger partial charge is 0.127 e. The molecule has 1 aromatic carbocycles. The summed E-state index contributed by atoms with van der Waals surface area (Å²) in [5.74, 6) is 0. The number of halogens is 3. The molecule has 0 unspecified atom stereocenters. The molecule has 0 aliphatic heterocycles. The molecule has 0 aliphatic rings. The fraction of sp³-hybridized carbons (Fsp3) is 0. The first-order valence-electron chi connectivity index (χ1n) is 4.36. The number of nitrogens with zero attached hydrogens (tertiary/aromatic N) is 4. The topological polar surface area (TPSA) is 63.3 Å². The van der Waals surface area contributed by atoms with Gasteiger partial charge in [0.1, 0.15) is 11.4 Å². The molecule has 0 aliphatic carbocycles. The fourth-order valence-corrected chi connectivity index (χ4v) is 2.19. The monoisotopic (exact) mass is 290 g/mol. The van der Waals surface area contributed by atoms with Crippen LogP contribution in [-0.2, 0) is 0 Å². The van der Waals surface area contributed by atoms with Crippen molar-refractivity contribution in [1.82, 2.24) is 15.0 Å². The van der Waals surface area contributed by atoms with Crippen LogP contribution in [0.1, 0.15) is 5.69 Å². The van der Waals surface area contributed by atoms with Gasteiger partial charge in [-0.15, -0.1) is 9.90 Å². The summed E-state index contributed by atoms with van der Waals surface area (Å²) in [7, 11) is 0. The first-order chi connectivity index (χ1) is 8.11.